The Bertz CT molecular complexity index is 554. The molecule has 0 bridgehead atoms. The molecule has 0 amide bonds. The Morgan fingerprint density at radius 3 is 2.39 bits per heavy atom. The molecular formula is C10H15N3O4S. The molecule has 0 aliphatic rings. The topological polar surface area (TPSA) is 101 Å². The summed E-state index contributed by atoms with van der Waals surface area (Å²) in [6.07, 6.45) is 0. The summed E-state index contributed by atoms with van der Waals surface area (Å²) in [6, 6.07) is 3.55. The average Bonchev–Trinajstić information content (AvgIpc) is 2.26. The maximum absolute atomic E-state index is 11.9. The second-order valence-corrected chi connectivity index (χ2v) is 5.65. The Morgan fingerprint density at radius 2 is 1.94 bits per heavy atom. The van der Waals surface area contributed by atoms with Crippen LogP contribution in [0.15, 0.2) is 23.1 Å². The van der Waals surface area contributed by atoms with Crippen LogP contribution < -0.4 is 10.0 Å². The normalized spacial score (nSPS) is 11.6. The fraction of sp³-hybridized carbons (Fsp3) is 0.400. The largest absolute Gasteiger partial charge is 0.388 e. The summed E-state index contributed by atoms with van der Waals surface area (Å²) in [5.41, 5.74) is 0.0280. The lowest BCUT2D eigenvalue weighted by atomic mass is 10.3. The van der Waals surface area contributed by atoms with Gasteiger partial charge in [-0.15, -0.1) is 0 Å². The molecule has 0 saturated heterocycles. The van der Waals surface area contributed by atoms with Gasteiger partial charge in [-0.3, -0.25) is 10.1 Å². The number of anilines is 1. The van der Waals surface area contributed by atoms with Crippen molar-refractivity contribution in [2.45, 2.75) is 24.8 Å². The van der Waals surface area contributed by atoms with Gasteiger partial charge in [0, 0.05) is 24.8 Å². The number of nitrogens with zero attached hydrogens (tertiary/aromatic N) is 1. The highest BCUT2D eigenvalue weighted by Crippen LogP contribution is 2.27. The maximum atomic E-state index is 11.9. The van der Waals surface area contributed by atoms with Crippen molar-refractivity contribution in [3.63, 3.8) is 0 Å². The minimum Gasteiger partial charge on any atom is -0.388 e. The van der Waals surface area contributed by atoms with E-state index in [1.54, 1.807) is 20.9 Å². The lowest BCUT2D eigenvalue weighted by molar-refractivity contribution is -0.387. The molecule has 0 radical (unpaired) electrons. The van der Waals surface area contributed by atoms with Crippen molar-refractivity contribution in [3.05, 3.63) is 28.3 Å². The van der Waals surface area contributed by atoms with Gasteiger partial charge in [0.2, 0.25) is 10.0 Å². The third-order valence-corrected chi connectivity index (χ3v) is 3.83. The predicted molar refractivity (Wildman–Crippen MR) is 68.1 cm³/mol. The smallest absolute Gasteiger partial charge is 0.291 e. The van der Waals surface area contributed by atoms with E-state index in [-0.39, 0.29) is 10.9 Å². The van der Waals surface area contributed by atoms with Gasteiger partial charge in [0.25, 0.3) is 5.69 Å². The van der Waals surface area contributed by atoms with Crippen LogP contribution in [0.2, 0.25) is 0 Å². The van der Waals surface area contributed by atoms with Crippen molar-refractivity contribution in [2.75, 3.05) is 12.4 Å². The van der Waals surface area contributed by atoms with Gasteiger partial charge in [0.15, 0.2) is 4.90 Å². The summed E-state index contributed by atoms with van der Waals surface area (Å²) >= 11 is 0. The molecule has 0 atom stereocenters. The Balaban J connectivity index is 3.36. The monoisotopic (exact) mass is 273 g/mol. The second kappa shape index (κ2) is 5.32. The van der Waals surface area contributed by atoms with E-state index in [9.17, 15) is 18.5 Å². The van der Waals surface area contributed by atoms with Crippen LogP contribution in [0.25, 0.3) is 0 Å². The first kappa shape index (κ1) is 14.4. The van der Waals surface area contributed by atoms with Gasteiger partial charge in [-0.2, -0.15) is 0 Å². The van der Waals surface area contributed by atoms with E-state index in [4.69, 9.17) is 0 Å². The van der Waals surface area contributed by atoms with E-state index in [0.717, 1.165) is 0 Å². The Morgan fingerprint density at radius 1 is 1.33 bits per heavy atom. The molecule has 0 aliphatic heterocycles. The van der Waals surface area contributed by atoms with Gasteiger partial charge in [-0.05, 0) is 26.0 Å². The molecule has 0 aliphatic carbocycles. The summed E-state index contributed by atoms with van der Waals surface area (Å²) in [5.74, 6) is 0. The number of benzene rings is 1. The Kier molecular flexibility index (Phi) is 4.25. The van der Waals surface area contributed by atoms with Crippen molar-refractivity contribution in [3.8, 4) is 0 Å². The number of nitrogens with one attached hydrogen (secondary N) is 2. The zero-order valence-electron chi connectivity index (χ0n) is 10.3. The quantitative estimate of drug-likeness (QED) is 0.622. The summed E-state index contributed by atoms with van der Waals surface area (Å²) in [7, 11) is -2.28. The highest BCUT2D eigenvalue weighted by atomic mass is 32.2. The first-order valence-corrected chi connectivity index (χ1v) is 6.74. The van der Waals surface area contributed by atoms with Gasteiger partial charge < -0.3 is 5.32 Å². The van der Waals surface area contributed by atoms with E-state index >= 15 is 0 Å². The maximum Gasteiger partial charge on any atom is 0.291 e. The van der Waals surface area contributed by atoms with E-state index in [1.807, 2.05) is 0 Å². The highest BCUT2D eigenvalue weighted by molar-refractivity contribution is 7.89. The van der Waals surface area contributed by atoms with Gasteiger partial charge in [0.05, 0.1) is 4.92 Å². The van der Waals surface area contributed by atoms with Crippen LogP contribution in [-0.2, 0) is 10.0 Å². The molecule has 0 aromatic heterocycles. The Labute approximate surface area is 105 Å². The molecule has 8 heteroatoms. The SMILES string of the molecule is CNc1ccc(S(=O)(=O)NC(C)C)c([N+](=O)[O-])c1. The van der Waals surface area contributed by atoms with Crippen LogP contribution in [0.4, 0.5) is 11.4 Å². The number of nitro groups is 1. The fourth-order valence-corrected chi connectivity index (χ4v) is 2.82. The van der Waals surface area contributed by atoms with Crippen molar-refractivity contribution in [1.82, 2.24) is 4.72 Å². The predicted octanol–water partition coefficient (Wildman–Crippen LogP) is 1.32. The first-order chi connectivity index (χ1) is 8.27. The zero-order chi connectivity index (χ0) is 13.9. The van der Waals surface area contributed by atoms with Crippen molar-refractivity contribution >= 4 is 21.4 Å². The standard InChI is InChI=1S/C10H15N3O4S/c1-7(2)12-18(16,17)10-5-4-8(11-3)6-9(10)13(14)15/h4-7,11-12H,1-3H3. The summed E-state index contributed by atoms with van der Waals surface area (Å²) < 4.78 is 26.2. The first-order valence-electron chi connectivity index (χ1n) is 5.26. The number of hydrogen-bond donors (Lipinski definition) is 2. The van der Waals surface area contributed by atoms with Crippen LogP contribution in [0, 0.1) is 10.1 Å². The van der Waals surface area contributed by atoms with E-state index in [2.05, 4.69) is 10.0 Å². The van der Waals surface area contributed by atoms with Gasteiger partial charge in [0.1, 0.15) is 0 Å². The molecule has 7 nitrogen and oxygen atoms in total. The summed E-state index contributed by atoms with van der Waals surface area (Å²) in [5, 5.41) is 13.6. The van der Waals surface area contributed by atoms with Crippen LogP contribution >= 0.6 is 0 Å². The van der Waals surface area contributed by atoms with E-state index in [0.29, 0.717) is 5.69 Å². The number of nitro benzene ring substituents is 1. The summed E-state index contributed by atoms with van der Waals surface area (Å²) in [4.78, 5) is 9.86. The number of rotatable bonds is 5. The molecule has 0 spiro atoms. The number of sulfonamides is 1. The van der Waals surface area contributed by atoms with Crippen molar-refractivity contribution in [2.24, 2.45) is 0 Å². The zero-order valence-corrected chi connectivity index (χ0v) is 11.1. The van der Waals surface area contributed by atoms with E-state index in [1.165, 1.54) is 18.2 Å². The fourth-order valence-electron chi connectivity index (χ4n) is 1.42. The van der Waals surface area contributed by atoms with Gasteiger partial charge >= 0.3 is 0 Å². The van der Waals surface area contributed by atoms with E-state index < -0.39 is 20.6 Å². The number of hydrogen-bond acceptors (Lipinski definition) is 5. The average molecular weight is 273 g/mol. The molecule has 1 aromatic rings. The van der Waals surface area contributed by atoms with Crippen molar-refractivity contribution < 1.29 is 13.3 Å². The molecule has 2 N–H and O–H groups in total. The molecule has 18 heavy (non-hydrogen) atoms. The Hall–Kier alpha value is -1.67. The second-order valence-electron chi connectivity index (χ2n) is 3.97. The minimum atomic E-state index is -3.88. The van der Waals surface area contributed by atoms with Gasteiger partial charge in [-0.1, -0.05) is 0 Å². The van der Waals surface area contributed by atoms with Crippen LogP contribution in [0.5, 0.6) is 0 Å². The molecule has 0 unspecified atom stereocenters. The molecule has 0 heterocycles. The van der Waals surface area contributed by atoms with Crippen LogP contribution in [0.3, 0.4) is 0 Å². The third-order valence-electron chi connectivity index (χ3n) is 2.12. The molecule has 100 valence electrons. The highest BCUT2D eigenvalue weighted by Gasteiger charge is 2.26. The van der Waals surface area contributed by atoms with Crippen molar-refractivity contribution in [1.29, 1.82) is 0 Å². The molecule has 1 rings (SSSR count). The molecule has 0 saturated carbocycles. The molecular weight excluding hydrogens is 258 g/mol. The summed E-state index contributed by atoms with van der Waals surface area (Å²) in [6.45, 7) is 3.29. The van der Waals surface area contributed by atoms with Crippen LogP contribution in [0.1, 0.15) is 13.8 Å². The third kappa shape index (κ3) is 3.17. The lowest BCUT2D eigenvalue weighted by Gasteiger charge is -2.10. The minimum absolute atomic E-state index is 0.333. The lowest BCUT2D eigenvalue weighted by Crippen LogP contribution is -2.30. The van der Waals surface area contributed by atoms with Gasteiger partial charge in [-0.25, -0.2) is 13.1 Å². The van der Waals surface area contributed by atoms with Crippen LogP contribution in [-0.4, -0.2) is 26.4 Å². The molecule has 1 aromatic carbocycles. The molecule has 0 fully saturated rings.